The highest BCUT2D eigenvalue weighted by molar-refractivity contribution is 5.85. The Morgan fingerprint density at radius 2 is 1.61 bits per heavy atom. The largest absolute Gasteiger partial charge is 0.480 e. The van der Waals surface area contributed by atoms with Crippen LogP contribution in [0, 0.1) is 0 Å². The van der Waals surface area contributed by atoms with Crippen molar-refractivity contribution in [3.8, 4) is 0 Å². The lowest BCUT2D eigenvalue weighted by molar-refractivity contribution is -0.156. The molecule has 0 fully saturated rings. The molecule has 108 valence electrons. The minimum atomic E-state index is -1.05. The van der Waals surface area contributed by atoms with Crippen LogP contribution >= 0.6 is 12.4 Å². The fourth-order valence-electron chi connectivity index (χ4n) is 1.18. The molecular formula is C11H23ClN2O4. The van der Waals surface area contributed by atoms with Crippen LogP contribution in [-0.4, -0.2) is 34.7 Å². The predicted octanol–water partition coefficient (Wildman–Crippen LogP) is 0.659. The Labute approximate surface area is 113 Å². The second kappa shape index (κ2) is 8.29. The molecule has 0 aliphatic heterocycles. The number of ether oxygens (including phenoxy) is 1. The van der Waals surface area contributed by atoms with Crippen LogP contribution in [0.1, 0.15) is 40.0 Å². The molecule has 0 radical (unpaired) electrons. The fourth-order valence-corrected chi connectivity index (χ4v) is 1.18. The molecule has 0 aliphatic rings. The summed E-state index contributed by atoms with van der Waals surface area (Å²) in [5, 5.41) is 8.56. The van der Waals surface area contributed by atoms with E-state index in [0.717, 1.165) is 0 Å². The van der Waals surface area contributed by atoms with Gasteiger partial charge in [0.15, 0.2) is 0 Å². The van der Waals surface area contributed by atoms with Gasteiger partial charge in [-0.15, -0.1) is 12.4 Å². The van der Waals surface area contributed by atoms with Crippen LogP contribution in [0.4, 0.5) is 0 Å². The maximum absolute atomic E-state index is 11.5. The van der Waals surface area contributed by atoms with Crippen molar-refractivity contribution in [3.63, 3.8) is 0 Å². The monoisotopic (exact) mass is 282 g/mol. The number of hydrogen-bond donors (Lipinski definition) is 3. The Bertz CT molecular complexity index is 279. The molecule has 0 aromatic heterocycles. The van der Waals surface area contributed by atoms with E-state index in [0.29, 0.717) is 19.3 Å². The lowest BCUT2D eigenvalue weighted by Gasteiger charge is -2.22. The number of carboxylic acids is 1. The van der Waals surface area contributed by atoms with Gasteiger partial charge in [-0.2, -0.15) is 0 Å². The molecule has 0 aliphatic carbocycles. The number of carbonyl (C=O) groups excluding carboxylic acids is 1. The number of carbonyl (C=O) groups is 2. The second-order valence-electron chi connectivity index (χ2n) is 5.02. The first kappa shape index (κ1) is 19.5. The molecule has 0 aromatic carbocycles. The van der Waals surface area contributed by atoms with Gasteiger partial charge in [-0.3, -0.25) is 9.59 Å². The quantitative estimate of drug-likeness (QED) is 0.616. The van der Waals surface area contributed by atoms with E-state index in [-0.39, 0.29) is 12.4 Å². The van der Waals surface area contributed by atoms with Crippen molar-refractivity contribution in [2.75, 3.05) is 0 Å². The number of halogens is 1. The highest BCUT2D eigenvalue weighted by atomic mass is 35.5. The van der Waals surface area contributed by atoms with E-state index in [9.17, 15) is 9.59 Å². The third kappa shape index (κ3) is 9.21. The van der Waals surface area contributed by atoms with Crippen molar-refractivity contribution in [1.82, 2.24) is 0 Å². The van der Waals surface area contributed by atoms with Gasteiger partial charge in [0, 0.05) is 0 Å². The molecule has 0 heterocycles. The predicted molar refractivity (Wildman–Crippen MR) is 70.5 cm³/mol. The maximum atomic E-state index is 11.5. The summed E-state index contributed by atoms with van der Waals surface area (Å²) < 4.78 is 5.09. The van der Waals surface area contributed by atoms with E-state index >= 15 is 0 Å². The summed E-state index contributed by atoms with van der Waals surface area (Å²) in [5.41, 5.74) is 10.4. The highest BCUT2D eigenvalue weighted by Gasteiger charge is 2.22. The van der Waals surface area contributed by atoms with E-state index in [1.165, 1.54) is 0 Å². The van der Waals surface area contributed by atoms with Crippen LogP contribution in [0.2, 0.25) is 0 Å². The van der Waals surface area contributed by atoms with Gasteiger partial charge >= 0.3 is 11.9 Å². The van der Waals surface area contributed by atoms with Crippen LogP contribution < -0.4 is 11.5 Å². The van der Waals surface area contributed by atoms with Gasteiger partial charge in [-0.1, -0.05) is 0 Å². The molecule has 7 heteroatoms. The lowest BCUT2D eigenvalue weighted by Crippen LogP contribution is -2.38. The third-order valence-electron chi connectivity index (χ3n) is 2.06. The summed E-state index contributed by atoms with van der Waals surface area (Å²) in [7, 11) is 0. The normalized spacial score (nSPS) is 14.3. The van der Waals surface area contributed by atoms with Gasteiger partial charge in [0.2, 0.25) is 0 Å². The smallest absolute Gasteiger partial charge is 0.323 e. The van der Waals surface area contributed by atoms with Gasteiger partial charge in [0.1, 0.15) is 17.7 Å². The number of esters is 1. The molecule has 0 saturated carbocycles. The van der Waals surface area contributed by atoms with Gasteiger partial charge in [0.05, 0.1) is 0 Å². The molecule has 0 aromatic rings. The minimum Gasteiger partial charge on any atom is -0.480 e. The molecule has 0 rings (SSSR count). The van der Waals surface area contributed by atoms with Crippen LogP contribution in [0.25, 0.3) is 0 Å². The molecule has 0 amide bonds. The number of hydrogen-bond acceptors (Lipinski definition) is 5. The molecule has 0 saturated heterocycles. The van der Waals surface area contributed by atoms with E-state index in [1.54, 1.807) is 20.8 Å². The Morgan fingerprint density at radius 3 is 2.00 bits per heavy atom. The number of nitrogens with two attached hydrogens (primary N) is 2. The van der Waals surface area contributed by atoms with Gasteiger partial charge in [0.25, 0.3) is 0 Å². The zero-order chi connectivity index (χ0) is 13.6. The molecule has 2 atom stereocenters. The van der Waals surface area contributed by atoms with Gasteiger partial charge in [-0.25, -0.2) is 0 Å². The summed E-state index contributed by atoms with van der Waals surface area (Å²) in [6, 6.07) is -1.63. The first-order chi connectivity index (χ1) is 7.63. The average Bonchev–Trinajstić information content (AvgIpc) is 2.14. The first-order valence-electron chi connectivity index (χ1n) is 5.60. The van der Waals surface area contributed by atoms with Crippen molar-refractivity contribution < 1.29 is 19.4 Å². The van der Waals surface area contributed by atoms with Crippen LogP contribution in [0.3, 0.4) is 0 Å². The van der Waals surface area contributed by atoms with E-state index in [2.05, 4.69) is 0 Å². The maximum Gasteiger partial charge on any atom is 0.323 e. The fraction of sp³-hybridized carbons (Fsp3) is 0.818. The van der Waals surface area contributed by atoms with Crippen molar-refractivity contribution in [2.45, 2.75) is 57.7 Å². The molecule has 0 bridgehead atoms. The van der Waals surface area contributed by atoms with Crippen LogP contribution in [0.15, 0.2) is 0 Å². The standard InChI is InChI=1S/C11H22N2O4.ClH/c1-11(2,3)17-10(16)8(13)6-4-5-7(12)9(14)15;/h7-8H,4-6,12-13H2,1-3H3,(H,14,15);1H/t7-,8?;/m1./s1. The van der Waals surface area contributed by atoms with Crippen molar-refractivity contribution in [1.29, 1.82) is 0 Å². The molecule has 1 unspecified atom stereocenters. The number of carboxylic acid groups (broad SMARTS) is 1. The molecule has 5 N–H and O–H groups in total. The summed E-state index contributed by atoms with van der Waals surface area (Å²) in [6.45, 7) is 5.29. The Hall–Kier alpha value is -0.850. The highest BCUT2D eigenvalue weighted by Crippen LogP contribution is 2.10. The summed E-state index contributed by atoms with van der Waals surface area (Å²) in [6.07, 6.45) is 1.15. The van der Waals surface area contributed by atoms with Gasteiger partial charge < -0.3 is 21.3 Å². The van der Waals surface area contributed by atoms with Crippen molar-refractivity contribution >= 4 is 24.3 Å². The summed E-state index contributed by atoms with van der Waals surface area (Å²) in [4.78, 5) is 21.9. The van der Waals surface area contributed by atoms with Crippen LogP contribution in [0.5, 0.6) is 0 Å². The minimum absolute atomic E-state index is 0. The zero-order valence-electron chi connectivity index (χ0n) is 11.0. The summed E-state index contributed by atoms with van der Waals surface area (Å²) in [5.74, 6) is -1.52. The Balaban J connectivity index is 0. The third-order valence-corrected chi connectivity index (χ3v) is 2.06. The van der Waals surface area contributed by atoms with Crippen molar-refractivity contribution in [3.05, 3.63) is 0 Å². The first-order valence-corrected chi connectivity index (χ1v) is 5.60. The molecule has 18 heavy (non-hydrogen) atoms. The second-order valence-corrected chi connectivity index (χ2v) is 5.02. The topological polar surface area (TPSA) is 116 Å². The lowest BCUT2D eigenvalue weighted by atomic mass is 10.1. The number of aliphatic carboxylic acids is 1. The molecular weight excluding hydrogens is 260 g/mol. The number of rotatable bonds is 6. The van der Waals surface area contributed by atoms with E-state index in [4.69, 9.17) is 21.3 Å². The van der Waals surface area contributed by atoms with Crippen molar-refractivity contribution in [2.24, 2.45) is 11.5 Å². The zero-order valence-corrected chi connectivity index (χ0v) is 11.8. The SMILES string of the molecule is CC(C)(C)OC(=O)C(N)CCC[C@@H](N)C(=O)O.Cl. The van der Waals surface area contributed by atoms with E-state index in [1.807, 2.05) is 0 Å². The summed E-state index contributed by atoms with van der Waals surface area (Å²) >= 11 is 0. The Kier molecular flexibility index (Phi) is 8.97. The van der Waals surface area contributed by atoms with Crippen LogP contribution in [-0.2, 0) is 14.3 Å². The van der Waals surface area contributed by atoms with Gasteiger partial charge in [-0.05, 0) is 40.0 Å². The Morgan fingerprint density at radius 1 is 1.17 bits per heavy atom. The molecule has 0 spiro atoms. The van der Waals surface area contributed by atoms with E-state index < -0.39 is 29.6 Å². The average molecular weight is 283 g/mol. The molecule has 6 nitrogen and oxygen atoms in total.